The number of hydrogen-bond acceptors (Lipinski definition) is 4. The highest BCUT2D eigenvalue weighted by Crippen LogP contribution is 2.23. The van der Waals surface area contributed by atoms with E-state index in [0.29, 0.717) is 17.7 Å². The van der Waals surface area contributed by atoms with Crippen LogP contribution in [0.2, 0.25) is 0 Å². The zero-order valence-corrected chi connectivity index (χ0v) is 14.6. The van der Waals surface area contributed by atoms with E-state index in [0.717, 1.165) is 0 Å². The molecule has 1 heterocycles. The quantitative estimate of drug-likeness (QED) is 0.675. The second kappa shape index (κ2) is 8.84. The number of aliphatic carboxylic acids is 1. The fourth-order valence-corrected chi connectivity index (χ4v) is 3.68. The Morgan fingerprint density at radius 2 is 2.16 bits per heavy atom. The van der Waals surface area contributed by atoms with Gasteiger partial charge in [-0.3, -0.25) is 14.4 Å². The van der Waals surface area contributed by atoms with Gasteiger partial charge in [0.05, 0.1) is 5.25 Å². The smallest absolute Gasteiger partial charge is 0.303 e. The molecule has 136 valence electrons. The zero-order valence-electron chi connectivity index (χ0n) is 13.8. The summed E-state index contributed by atoms with van der Waals surface area (Å²) in [7, 11) is 0. The maximum atomic E-state index is 13.7. The molecule has 3 atom stereocenters. The van der Waals surface area contributed by atoms with Crippen LogP contribution >= 0.6 is 11.8 Å². The molecule has 1 aliphatic heterocycles. The minimum absolute atomic E-state index is 0.0298. The minimum atomic E-state index is -0.918. The van der Waals surface area contributed by atoms with Gasteiger partial charge in [0.15, 0.2) is 0 Å². The Morgan fingerprint density at radius 3 is 2.80 bits per heavy atom. The van der Waals surface area contributed by atoms with Crippen molar-refractivity contribution in [2.24, 2.45) is 0 Å². The van der Waals surface area contributed by atoms with Crippen LogP contribution < -0.4 is 10.6 Å². The molecule has 1 saturated heterocycles. The number of thioether (sulfide) groups is 1. The summed E-state index contributed by atoms with van der Waals surface area (Å²) in [4.78, 5) is 34.9. The Hall–Kier alpha value is -2.09. The van der Waals surface area contributed by atoms with E-state index >= 15 is 0 Å². The van der Waals surface area contributed by atoms with Gasteiger partial charge in [-0.2, -0.15) is 0 Å². The van der Waals surface area contributed by atoms with Crippen molar-refractivity contribution < 1.29 is 23.9 Å². The third kappa shape index (κ3) is 5.74. The monoisotopic (exact) mass is 368 g/mol. The van der Waals surface area contributed by atoms with Crippen LogP contribution in [0.5, 0.6) is 0 Å². The van der Waals surface area contributed by atoms with Gasteiger partial charge in [0.2, 0.25) is 11.8 Å². The molecule has 8 heteroatoms. The summed E-state index contributed by atoms with van der Waals surface area (Å²) in [5.41, 5.74) is 0.473. The SMILES string of the molecule is CC(CCC(=O)O)NC(=O)C1CSC(Cc2ccccc2F)C(=O)N1. The molecule has 6 nitrogen and oxygen atoms in total. The number of carboxylic acid groups (broad SMARTS) is 1. The van der Waals surface area contributed by atoms with E-state index in [1.807, 2.05) is 0 Å². The largest absolute Gasteiger partial charge is 0.481 e. The number of carbonyl (C=O) groups is 3. The lowest BCUT2D eigenvalue weighted by Crippen LogP contribution is -2.55. The fourth-order valence-electron chi connectivity index (χ4n) is 2.51. The average molecular weight is 368 g/mol. The van der Waals surface area contributed by atoms with Crippen molar-refractivity contribution in [3.8, 4) is 0 Å². The summed E-state index contributed by atoms with van der Waals surface area (Å²) in [6.07, 6.45) is 0.565. The predicted molar refractivity (Wildman–Crippen MR) is 92.8 cm³/mol. The Bertz CT molecular complexity index is 655. The van der Waals surface area contributed by atoms with Crippen molar-refractivity contribution in [1.29, 1.82) is 0 Å². The van der Waals surface area contributed by atoms with Crippen LogP contribution in [0.3, 0.4) is 0 Å². The van der Waals surface area contributed by atoms with Crippen molar-refractivity contribution in [3.05, 3.63) is 35.6 Å². The summed E-state index contributed by atoms with van der Waals surface area (Å²) in [6, 6.07) is 5.36. The van der Waals surface area contributed by atoms with Crippen molar-refractivity contribution in [3.63, 3.8) is 0 Å². The van der Waals surface area contributed by atoms with Crippen LogP contribution in [0.1, 0.15) is 25.3 Å². The molecular weight excluding hydrogens is 347 g/mol. The Kier molecular flexibility index (Phi) is 6.81. The van der Waals surface area contributed by atoms with E-state index in [9.17, 15) is 18.8 Å². The first-order valence-corrected chi connectivity index (χ1v) is 9.09. The lowest BCUT2D eigenvalue weighted by atomic mass is 10.1. The molecule has 25 heavy (non-hydrogen) atoms. The van der Waals surface area contributed by atoms with Crippen LogP contribution in [0.25, 0.3) is 0 Å². The molecule has 2 amide bonds. The third-order valence-electron chi connectivity index (χ3n) is 3.93. The number of carbonyl (C=O) groups excluding carboxylic acids is 2. The van der Waals surface area contributed by atoms with Crippen LogP contribution in [0, 0.1) is 5.82 Å². The minimum Gasteiger partial charge on any atom is -0.481 e. The van der Waals surface area contributed by atoms with E-state index in [1.54, 1.807) is 25.1 Å². The lowest BCUT2D eigenvalue weighted by Gasteiger charge is -2.29. The molecule has 3 unspecified atom stereocenters. The predicted octanol–water partition coefficient (Wildman–Crippen LogP) is 1.34. The van der Waals surface area contributed by atoms with Crippen LogP contribution in [-0.2, 0) is 20.8 Å². The number of carboxylic acids is 1. The number of benzene rings is 1. The molecule has 1 aliphatic rings. The Balaban J connectivity index is 1.84. The van der Waals surface area contributed by atoms with Gasteiger partial charge in [-0.25, -0.2) is 4.39 Å². The second-order valence-electron chi connectivity index (χ2n) is 6.02. The van der Waals surface area contributed by atoms with Gasteiger partial charge in [0, 0.05) is 18.2 Å². The van der Waals surface area contributed by atoms with Crippen molar-refractivity contribution in [2.75, 3.05) is 5.75 Å². The van der Waals surface area contributed by atoms with Crippen LogP contribution in [0.4, 0.5) is 4.39 Å². The maximum absolute atomic E-state index is 13.7. The summed E-state index contributed by atoms with van der Waals surface area (Å²) in [6.45, 7) is 1.72. The van der Waals surface area contributed by atoms with E-state index < -0.39 is 17.3 Å². The zero-order chi connectivity index (χ0) is 18.4. The number of nitrogens with one attached hydrogen (secondary N) is 2. The number of rotatable bonds is 7. The first kappa shape index (κ1) is 19.2. The average Bonchev–Trinajstić information content (AvgIpc) is 2.56. The molecule has 0 saturated carbocycles. The highest BCUT2D eigenvalue weighted by molar-refractivity contribution is 8.00. The van der Waals surface area contributed by atoms with Crippen molar-refractivity contribution in [2.45, 2.75) is 43.5 Å². The lowest BCUT2D eigenvalue weighted by molar-refractivity contribution is -0.137. The highest BCUT2D eigenvalue weighted by Gasteiger charge is 2.33. The summed E-state index contributed by atoms with van der Waals surface area (Å²) in [5, 5.41) is 13.6. The van der Waals surface area contributed by atoms with Crippen LogP contribution in [0.15, 0.2) is 24.3 Å². The molecule has 3 N–H and O–H groups in total. The van der Waals surface area contributed by atoms with Gasteiger partial charge < -0.3 is 15.7 Å². The van der Waals surface area contributed by atoms with Crippen molar-refractivity contribution in [1.82, 2.24) is 10.6 Å². The summed E-state index contributed by atoms with van der Waals surface area (Å²) >= 11 is 1.32. The van der Waals surface area contributed by atoms with Gasteiger partial charge in [-0.05, 0) is 31.4 Å². The Morgan fingerprint density at radius 1 is 1.44 bits per heavy atom. The molecule has 0 aromatic heterocycles. The molecule has 0 aliphatic carbocycles. The second-order valence-corrected chi connectivity index (χ2v) is 7.26. The first-order valence-electron chi connectivity index (χ1n) is 8.04. The van der Waals surface area contributed by atoms with E-state index in [4.69, 9.17) is 5.11 Å². The molecule has 1 aromatic rings. The maximum Gasteiger partial charge on any atom is 0.303 e. The molecule has 0 radical (unpaired) electrons. The number of hydrogen-bond donors (Lipinski definition) is 3. The standard InChI is InChI=1S/C17H21FN2O4S/c1-10(6-7-15(21)22)19-16(23)13-9-25-14(17(24)20-13)8-11-4-2-3-5-12(11)18/h2-5,10,13-14H,6-9H2,1H3,(H,19,23)(H,20,24)(H,21,22). The van der Waals surface area contributed by atoms with E-state index in [1.165, 1.54) is 17.8 Å². The molecule has 0 bridgehead atoms. The molecule has 0 spiro atoms. The summed E-state index contributed by atoms with van der Waals surface area (Å²) < 4.78 is 13.7. The van der Waals surface area contributed by atoms with Crippen LogP contribution in [-0.4, -0.2) is 46.0 Å². The Labute approximate surface area is 149 Å². The summed E-state index contributed by atoms with van der Waals surface area (Å²) in [5.74, 6) is -1.50. The van der Waals surface area contributed by atoms with Gasteiger partial charge >= 0.3 is 5.97 Å². The van der Waals surface area contributed by atoms with Crippen molar-refractivity contribution >= 4 is 29.5 Å². The topological polar surface area (TPSA) is 95.5 Å². The fraction of sp³-hybridized carbons (Fsp3) is 0.471. The van der Waals surface area contributed by atoms with E-state index in [2.05, 4.69) is 10.6 Å². The van der Waals surface area contributed by atoms with Gasteiger partial charge in [-0.1, -0.05) is 18.2 Å². The van der Waals surface area contributed by atoms with Gasteiger partial charge in [0.25, 0.3) is 0 Å². The molecule has 1 fully saturated rings. The van der Waals surface area contributed by atoms with Gasteiger partial charge in [-0.15, -0.1) is 11.8 Å². The first-order chi connectivity index (χ1) is 11.9. The normalized spacial score (nSPS) is 21.3. The molecular formula is C17H21FN2O4S. The van der Waals surface area contributed by atoms with E-state index in [-0.39, 0.29) is 36.5 Å². The number of amides is 2. The third-order valence-corrected chi connectivity index (χ3v) is 5.24. The molecule has 1 aromatic carbocycles. The highest BCUT2D eigenvalue weighted by atomic mass is 32.2. The van der Waals surface area contributed by atoms with Gasteiger partial charge in [0.1, 0.15) is 11.9 Å². The molecule has 2 rings (SSSR count). The number of halogens is 1.